The Morgan fingerprint density at radius 2 is 2.05 bits per heavy atom. The number of nitriles is 1. The molecule has 0 radical (unpaired) electrons. The van der Waals surface area contributed by atoms with Gasteiger partial charge in [-0.2, -0.15) is 5.26 Å². The van der Waals surface area contributed by atoms with Crippen LogP contribution in [0.25, 0.3) is 5.57 Å². The van der Waals surface area contributed by atoms with E-state index in [0.717, 1.165) is 36.2 Å². The lowest BCUT2D eigenvalue weighted by Crippen LogP contribution is -2.45. The zero-order valence-corrected chi connectivity index (χ0v) is 12.6. The van der Waals surface area contributed by atoms with Gasteiger partial charge in [-0.05, 0) is 44.9 Å². The molecule has 0 aromatic heterocycles. The van der Waals surface area contributed by atoms with Crippen molar-refractivity contribution in [3.8, 4) is 6.07 Å². The van der Waals surface area contributed by atoms with Gasteiger partial charge in [0.25, 0.3) is 0 Å². The van der Waals surface area contributed by atoms with Crippen LogP contribution in [0.5, 0.6) is 0 Å². The second kappa shape index (κ2) is 5.28. The van der Waals surface area contributed by atoms with Crippen LogP contribution in [0.4, 0.5) is 10.1 Å². The zero-order valence-electron chi connectivity index (χ0n) is 12.6. The summed E-state index contributed by atoms with van der Waals surface area (Å²) >= 11 is 0. The molecule has 106 valence electrons. The Balaban J connectivity index is 2.58. The van der Waals surface area contributed by atoms with E-state index >= 15 is 0 Å². The Morgan fingerprint density at radius 1 is 1.35 bits per heavy atom. The Labute approximate surface area is 120 Å². The number of rotatable bonds is 3. The second-order valence-electron chi connectivity index (χ2n) is 5.95. The number of unbranched alkanes of at least 4 members (excludes halogenated alkanes) is 1. The smallest absolute Gasteiger partial charge is 0.143 e. The van der Waals surface area contributed by atoms with Gasteiger partial charge in [0.05, 0.1) is 11.1 Å². The molecule has 1 aromatic carbocycles. The van der Waals surface area contributed by atoms with E-state index in [9.17, 15) is 4.39 Å². The van der Waals surface area contributed by atoms with Gasteiger partial charge in [0.15, 0.2) is 0 Å². The molecule has 0 unspecified atom stereocenters. The van der Waals surface area contributed by atoms with E-state index in [-0.39, 0.29) is 11.1 Å². The molecule has 20 heavy (non-hydrogen) atoms. The highest BCUT2D eigenvalue weighted by atomic mass is 19.1. The van der Waals surface area contributed by atoms with Crippen LogP contribution in [0, 0.1) is 17.1 Å². The molecule has 3 heteroatoms. The molecular weight excluding hydrogens is 251 g/mol. The van der Waals surface area contributed by atoms with Crippen molar-refractivity contribution >= 4 is 11.3 Å². The van der Waals surface area contributed by atoms with Crippen LogP contribution in [0.1, 0.15) is 51.7 Å². The molecule has 0 bridgehead atoms. The lowest BCUT2D eigenvalue weighted by molar-refractivity contribution is 0.537. The number of nitrogens with zero attached hydrogens (tertiary/aromatic N) is 2. The van der Waals surface area contributed by atoms with Crippen molar-refractivity contribution in [2.24, 2.45) is 0 Å². The third-order valence-electron chi connectivity index (χ3n) is 3.92. The lowest BCUT2D eigenvalue weighted by Gasteiger charge is -2.43. The van der Waals surface area contributed by atoms with Gasteiger partial charge < -0.3 is 4.90 Å². The summed E-state index contributed by atoms with van der Waals surface area (Å²) in [5, 5.41) is 8.99. The summed E-state index contributed by atoms with van der Waals surface area (Å²) in [5.74, 6) is -0.432. The van der Waals surface area contributed by atoms with Crippen LogP contribution in [0.15, 0.2) is 18.2 Å². The predicted molar refractivity (Wildman–Crippen MR) is 81.1 cm³/mol. The maximum Gasteiger partial charge on any atom is 0.143 e. The number of hydrogen-bond acceptors (Lipinski definition) is 2. The zero-order chi connectivity index (χ0) is 14.9. The van der Waals surface area contributed by atoms with Crippen molar-refractivity contribution in [3.63, 3.8) is 0 Å². The number of benzene rings is 1. The molecule has 0 aliphatic carbocycles. The Hall–Kier alpha value is -1.82. The molecule has 1 heterocycles. The maximum atomic E-state index is 14.0. The number of fused-ring (bicyclic) bond motifs is 1. The van der Waals surface area contributed by atoms with Crippen molar-refractivity contribution in [1.29, 1.82) is 5.26 Å². The van der Waals surface area contributed by atoms with E-state index in [2.05, 4.69) is 31.7 Å². The van der Waals surface area contributed by atoms with Crippen LogP contribution >= 0.6 is 0 Å². The lowest BCUT2D eigenvalue weighted by atomic mass is 9.87. The minimum absolute atomic E-state index is 0.117. The Kier molecular flexibility index (Phi) is 3.85. The van der Waals surface area contributed by atoms with Gasteiger partial charge in [0, 0.05) is 17.8 Å². The minimum atomic E-state index is -0.432. The molecule has 2 rings (SSSR count). The molecule has 0 amide bonds. The van der Waals surface area contributed by atoms with Crippen molar-refractivity contribution < 1.29 is 4.39 Å². The number of anilines is 1. The predicted octanol–water partition coefficient (Wildman–Crippen LogP) is 4.50. The number of halogens is 1. The quantitative estimate of drug-likeness (QED) is 0.810. The highest BCUT2D eigenvalue weighted by Crippen LogP contribution is 2.40. The van der Waals surface area contributed by atoms with Crippen LogP contribution in [0.3, 0.4) is 0 Å². The van der Waals surface area contributed by atoms with Gasteiger partial charge in [-0.3, -0.25) is 0 Å². The molecular formula is C17H21FN2. The molecule has 0 atom stereocenters. The molecule has 2 nitrogen and oxygen atoms in total. The second-order valence-corrected chi connectivity index (χ2v) is 5.95. The Morgan fingerprint density at radius 3 is 2.65 bits per heavy atom. The molecule has 0 N–H and O–H groups in total. The molecule has 0 saturated carbocycles. The van der Waals surface area contributed by atoms with Crippen LogP contribution < -0.4 is 4.90 Å². The van der Waals surface area contributed by atoms with E-state index in [1.165, 1.54) is 6.07 Å². The van der Waals surface area contributed by atoms with E-state index in [1.807, 2.05) is 13.0 Å². The van der Waals surface area contributed by atoms with Gasteiger partial charge in [0.2, 0.25) is 0 Å². The number of hydrogen-bond donors (Lipinski definition) is 0. The summed E-state index contributed by atoms with van der Waals surface area (Å²) < 4.78 is 14.0. The summed E-state index contributed by atoms with van der Waals surface area (Å²) in [6, 6.07) is 5.11. The maximum absolute atomic E-state index is 14.0. The third-order valence-corrected chi connectivity index (χ3v) is 3.92. The summed E-state index contributed by atoms with van der Waals surface area (Å²) in [5.41, 5.74) is 2.96. The summed E-state index contributed by atoms with van der Waals surface area (Å²) in [7, 11) is 0. The van der Waals surface area contributed by atoms with E-state index in [4.69, 9.17) is 5.26 Å². The standard InChI is InChI=1S/C17H21FN2/c1-5-6-7-20-16-9-15(18)13(11-19)8-14(16)12(2)10-17(20,3)4/h8-10H,5-7H2,1-4H3. The fourth-order valence-electron chi connectivity index (χ4n) is 2.91. The molecule has 1 aliphatic heterocycles. The molecule has 0 fully saturated rings. The highest BCUT2D eigenvalue weighted by molar-refractivity contribution is 5.82. The van der Waals surface area contributed by atoms with Gasteiger partial charge in [-0.25, -0.2) is 4.39 Å². The van der Waals surface area contributed by atoms with Crippen LogP contribution in [-0.4, -0.2) is 12.1 Å². The fraction of sp³-hybridized carbons (Fsp3) is 0.471. The van der Waals surface area contributed by atoms with E-state index < -0.39 is 5.82 Å². The number of allylic oxidation sites excluding steroid dienone is 1. The van der Waals surface area contributed by atoms with Crippen molar-refractivity contribution in [2.45, 2.75) is 46.1 Å². The third kappa shape index (κ3) is 2.43. The molecule has 0 spiro atoms. The van der Waals surface area contributed by atoms with Gasteiger partial charge in [-0.1, -0.05) is 19.4 Å². The van der Waals surface area contributed by atoms with Crippen LogP contribution in [0.2, 0.25) is 0 Å². The summed E-state index contributed by atoms with van der Waals surface area (Å²) in [6.07, 6.45) is 4.37. The van der Waals surface area contributed by atoms with Gasteiger partial charge in [-0.15, -0.1) is 0 Å². The summed E-state index contributed by atoms with van der Waals surface area (Å²) in [4.78, 5) is 2.24. The van der Waals surface area contributed by atoms with Gasteiger partial charge in [0.1, 0.15) is 11.9 Å². The molecule has 1 aliphatic rings. The van der Waals surface area contributed by atoms with E-state index in [0.29, 0.717) is 0 Å². The normalized spacial score (nSPS) is 16.4. The first-order valence-electron chi connectivity index (χ1n) is 7.12. The van der Waals surface area contributed by atoms with Crippen LogP contribution in [-0.2, 0) is 0 Å². The van der Waals surface area contributed by atoms with E-state index in [1.54, 1.807) is 6.07 Å². The minimum Gasteiger partial charge on any atom is -0.362 e. The van der Waals surface area contributed by atoms with Crippen molar-refractivity contribution in [3.05, 3.63) is 35.2 Å². The molecule has 1 aromatic rings. The first kappa shape index (κ1) is 14.6. The van der Waals surface area contributed by atoms with Crippen molar-refractivity contribution in [2.75, 3.05) is 11.4 Å². The average molecular weight is 272 g/mol. The topological polar surface area (TPSA) is 27.0 Å². The molecule has 0 saturated heterocycles. The fourth-order valence-corrected chi connectivity index (χ4v) is 2.91. The van der Waals surface area contributed by atoms with Crippen molar-refractivity contribution in [1.82, 2.24) is 0 Å². The largest absolute Gasteiger partial charge is 0.362 e. The SMILES string of the molecule is CCCCN1c2cc(F)c(C#N)cc2C(C)=CC1(C)C. The Bertz CT molecular complexity index is 594. The first-order chi connectivity index (χ1) is 9.40. The van der Waals surface area contributed by atoms with Gasteiger partial charge >= 0.3 is 0 Å². The highest BCUT2D eigenvalue weighted by Gasteiger charge is 2.31. The monoisotopic (exact) mass is 272 g/mol. The average Bonchev–Trinajstić information content (AvgIpc) is 2.37. The first-order valence-corrected chi connectivity index (χ1v) is 7.12. The summed E-state index contributed by atoms with van der Waals surface area (Å²) in [6.45, 7) is 9.36.